The zero-order valence-electron chi connectivity index (χ0n) is 10.6. The van der Waals surface area contributed by atoms with Gasteiger partial charge >= 0.3 is 0 Å². The van der Waals surface area contributed by atoms with Crippen LogP contribution in [0.25, 0.3) is 11.4 Å². The van der Waals surface area contributed by atoms with E-state index in [-0.39, 0.29) is 0 Å². The summed E-state index contributed by atoms with van der Waals surface area (Å²) in [5.41, 5.74) is 1.10. The summed E-state index contributed by atoms with van der Waals surface area (Å²) in [4.78, 5) is 0. The number of nitrogens with one attached hydrogen (secondary N) is 1. The van der Waals surface area contributed by atoms with Crippen LogP contribution in [0.1, 0.15) is 13.3 Å². The summed E-state index contributed by atoms with van der Waals surface area (Å²) < 4.78 is 2.78. The van der Waals surface area contributed by atoms with Gasteiger partial charge in [-0.05, 0) is 24.9 Å². The summed E-state index contributed by atoms with van der Waals surface area (Å²) >= 11 is 7.18. The molecule has 0 amide bonds. The van der Waals surface area contributed by atoms with E-state index >= 15 is 0 Å². The van der Waals surface area contributed by atoms with Crippen LogP contribution in [0.15, 0.2) is 30.3 Å². The van der Waals surface area contributed by atoms with Gasteiger partial charge in [-0.3, -0.25) is 5.10 Å². The van der Waals surface area contributed by atoms with Gasteiger partial charge in [0.15, 0.2) is 10.6 Å². The number of thioether (sulfide) groups is 1. The van der Waals surface area contributed by atoms with Gasteiger partial charge in [-0.1, -0.05) is 37.3 Å². The molecule has 1 aromatic carbocycles. The predicted octanol–water partition coefficient (Wildman–Crippen LogP) is 3.75. The lowest BCUT2D eigenvalue weighted by Crippen LogP contribution is -2.06. The second-order valence-electron chi connectivity index (χ2n) is 4.21. The summed E-state index contributed by atoms with van der Waals surface area (Å²) in [7, 11) is 0. The maximum atomic E-state index is 5.30. The highest BCUT2D eigenvalue weighted by Gasteiger charge is 2.09. The quantitative estimate of drug-likeness (QED) is 0.846. The smallest absolute Gasteiger partial charge is 0.195 e. The molecule has 1 unspecified atom stereocenters. The van der Waals surface area contributed by atoms with E-state index in [1.165, 1.54) is 0 Å². The van der Waals surface area contributed by atoms with Gasteiger partial charge in [0, 0.05) is 17.4 Å². The van der Waals surface area contributed by atoms with Crippen molar-refractivity contribution in [3.63, 3.8) is 0 Å². The largest absolute Gasteiger partial charge is 0.300 e. The fourth-order valence-electron chi connectivity index (χ4n) is 1.76. The van der Waals surface area contributed by atoms with Gasteiger partial charge in [-0.25, -0.2) is 0 Å². The van der Waals surface area contributed by atoms with Gasteiger partial charge in [0.25, 0.3) is 0 Å². The molecule has 0 aliphatic heterocycles. The zero-order valence-corrected chi connectivity index (χ0v) is 12.2. The Morgan fingerprint density at radius 1 is 1.39 bits per heavy atom. The monoisotopic (exact) mass is 279 g/mol. The molecule has 2 aromatic rings. The summed E-state index contributed by atoms with van der Waals surface area (Å²) in [6.07, 6.45) is 3.23. The van der Waals surface area contributed by atoms with E-state index in [4.69, 9.17) is 12.2 Å². The van der Waals surface area contributed by atoms with E-state index < -0.39 is 0 Å². The number of H-pyrrole nitrogens is 1. The Kier molecular flexibility index (Phi) is 4.60. The number of hydrogen-bond acceptors (Lipinski definition) is 3. The summed E-state index contributed by atoms with van der Waals surface area (Å²) in [5, 5.41) is 7.85. The third-order valence-corrected chi connectivity index (χ3v) is 4.30. The van der Waals surface area contributed by atoms with E-state index in [2.05, 4.69) is 40.1 Å². The molecule has 0 bridgehead atoms. The van der Waals surface area contributed by atoms with Crippen molar-refractivity contribution in [2.75, 3.05) is 6.26 Å². The predicted molar refractivity (Wildman–Crippen MR) is 80.4 cm³/mol. The molecule has 3 nitrogen and oxygen atoms in total. The Hall–Kier alpha value is -1.07. The van der Waals surface area contributed by atoms with E-state index in [9.17, 15) is 0 Å². The highest BCUT2D eigenvalue weighted by molar-refractivity contribution is 7.99. The molecule has 5 heteroatoms. The van der Waals surface area contributed by atoms with Crippen molar-refractivity contribution in [1.82, 2.24) is 14.8 Å². The van der Waals surface area contributed by atoms with Crippen LogP contribution in [-0.4, -0.2) is 26.3 Å². The Morgan fingerprint density at radius 3 is 2.78 bits per heavy atom. The molecule has 1 atom stereocenters. The fourth-order valence-corrected chi connectivity index (χ4v) is 2.33. The maximum absolute atomic E-state index is 5.30. The minimum atomic E-state index is 0.630. The van der Waals surface area contributed by atoms with Crippen molar-refractivity contribution in [2.24, 2.45) is 0 Å². The zero-order chi connectivity index (χ0) is 13.0. The first kappa shape index (κ1) is 13.4. The average molecular weight is 279 g/mol. The molecule has 2 rings (SSSR count). The number of hydrogen-bond donors (Lipinski definition) is 1. The third-order valence-electron chi connectivity index (χ3n) is 2.95. The molecule has 0 aliphatic carbocycles. The molecule has 18 heavy (non-hydrogen) atoms. The molecule has 1 N–H and O–H groups in total. The number of benzene rings is 1. The topological polar surface area (TPSA) is 33.6 Å². The summed E-state index contributed by atoms with van der Waals surface area (Å²) in [6, 6.07) is 10.1. The van der Waals surface area contributed by atoms with Crippen molar-refractivity contribution in [3.8, 4) is 11.4 Å². The summed E-state index contributed by atoms with van der Waals surface area (Å²) in [6.45, 7) is 3.14. The van der Waals surface area contributed by atoms with Crippen molar-refractivity contribution in [2.45, 2.75) is 25.1 Å². The molecule has 0 radical (unpaired) electrons. The van der Waals surface area contributed by atoms with Crippen LogP contribution < -0.4 is 0 Å². The van der Waals surface area contributed by atoms with Crippen LogP contribution in [0.2, 0.25) is 0 Å². The molecule has 1 aromatic heterocycles. The summed E-state index contributed by atoms with van der Waals surface area (Å²) in [5.74, 6) is 0.925. The highest BCUT2D eigenvalue weighted by atomic mass is 32.2. The standard InChI is InChI=1S/C13H17N3S2/c1-10(18-2)8-9-16-12(14-15-13(16)17)11-6-4-3-5-7-11/h3-7,10H,8-9H2,1-2H3,(H,15,17). The van der Waals surface area contributed by atoms with Crippen LogP contribution in [0.3, 0.4) is 0 Å². The molecule has 0 aliphatic rings. The molecule has 0 fully saturated rings. The van der Waals surface area contributed by atoms with Gasteiger partial charge in [0.2, 0.25) is 0 Å². The second kappa shape index (κ2) is 6.20. The Balaban J connectivity index is 2.25. The fraction of sp³-hybridized carbons (Fsp3) is 0.385. The lowest BCUT2D eigenvalue weighted by Gasteiger charge is -2.10. The van der Waals surface area contributed by atoms with E-state index in [0.29, 0.717) is 10.0 Å². The maximum Gasteiger partial charge on any atom is 0.195 e. The van der Waals surface area contributed by atoms with Crippen LogP contribution in [-0.2, 0) is 6.54 Å². The minimum absolute atomic E-state index is 0.630. The highest BCUT2D eigenvalue weighted by Crippen LogP contribution is 2.18. The molecule has 1 heterocycles. The Labute approximate surface area is 117 Å². The Bertz CT molecular complexity index is 545. The van der Waals surface area contributed by atoms with Crippen molar-refractivity contribution in [3.05, 3.63) is 35.1 Å². The van der Waals surface area contributed by atoms with Crippen molar-refractivity contribution < 1.29 is 0 Å². The van der Waals surface area contributed by atoms with Crippen LogP contribution in [0.4, 0.5) is 0 Å². The normalized spacial score (nSPS) is 12.6. The van der Waals surface area contributed by atoms with E-state index in [0.717, 1.165) is 24.4 Å². The van der Waals surface area contributed by atoms with Gasteiger partial charge in [-0.15, -0.1) is 0 Å². The molecule has 0 saturated carbocycles. The first-order chi connectivity index (χ1) is 8.72. The average Bonchev–Trinajstić information content (AvgIpc) is 2.78. The third kappa shape index (κ3) is 3.03. The van der Waals surface area contributed by atoms with Crippen molar-refractivity contribution in [1.29, 1.82) is 0 Å². The van der Waals surface area contributed by atoms with Crippen LogP contribution in [0, 0.1) is 4.77 Å². The number of nitrogens with zero attached hydrogens (tertiary/aromatic N) is 2. The minimum Gasteiger partial charge on any atom is -0.300 e. The lowest BCUT2D eigenvalue weighted by molar-refractivity contribution is 0.637. The lowest BCUT2D eigenvalue weighted by atomic mass is 10.2. The first-order valence-electron chi connectivity index (χ1n) is 5.96. The molecular weight excluding hydrogens is 262 g/mol. The SMILES string of the molecule is CSC(C)CCn1c(-c2ccccc2)n[nH]c1=S. The van der Waals surface area contributed by atoms with Crippen LogP contribution in [0.5, 0.6) is 0 Å². The number of rotatable bonds is 5. The Morgan fingerprint density at radius 2 is 2.11 bits per heavy atom. The second-order valence-corrected chi connectivity index (χ2v) is 5.87. The van der Waals surface area contributed by atoms with Gasteiger partial charge in [-0.2, -0.15) is 16.9 Å². The molecular formula is C13H17N3S2. The van der Waals surface area contributed by atoms with E-state index in [1.54, 1.807) is 0 Å². The molecule has 0 spiro atoms. The number of aromatic amines is 1. The van der Waals surface area contributed by atoms with Gasteiger partial charge in [0.1, 0.15) is 0 Å². The molecule has 0 saturated heterocycles. The number of aromatic nitrogens is 3. The van der Waals surface area contributed by atoms with Crippen LogP contribution >= 0.6 is 24.0 Å². The van der Waals surface area contributed by atoms with E-state index in [1.807, 2.05) is 30.0 Å². The molecule has 96 valence electrons. The first-order valence-corrected chi connectivity index (χ1v) is 7.65. The van der Waals surface area contributed by atoms with Crippen molar-refractivity contribution >= 4 is 24.0 Å². The van der Waals surface area contributed by atoms with Gasteiger partial charge < -0.3 is 4.57 Å². The van der Waals surface area contributed by atoms with Gasteiger partial charge in [0.05, 0.1) is 0 Å².